The Morgan fingerprint density at radius 2 is 2.12 bits per heavy atom. The van der Waals surface area contributed by atoms with Crippen molar-refractivity contribution >= 4 is 17.7 Å². The molecule has 0 fully saturated rings. The Balaban J connectivity index is 2.63. The molecule has 0 bridgehead atoms. The summed E-state index contributed by atoms with van der Waals surface area (Å²) in [5.41, 5.74) is 5.76. The highest BCUT2D eigenvalue weighted by molar-refractivity contribution is 5.93. The zero-order valence-electron chi connectivity index (χ0n) is 8.56. The number of nitrogens with one attached hydrogen (secondary N) is 2. The molecule has 0 saturated carbocycles. The van der Waals surface area contributed by atoms with E-state index in [1.54, 1.807) is 12.1 Å². The van der Waals surface area contributed by atoms with Crippen LogP contribution in [0, 0.1) is 0 Å². The largest absolute Gasteiger partial charge is 0.478 e. The lowest BCUT2D eigenvalue weighted by Gasteiger charge is -2.06. The van der Waals surface area contributed by atoms with Crippen LogP contribution < -0.4 is 16.4 Å². The number of aromatic carboxylic acids is 1. The van der Waals surface area contributed by atoms with Gasteiger partial charge in [0.1, 0.15) is 0 Å². The van der Waals surface area contributed by atoms with E-state index in [9.17, 15) is 9.59 Å². The molecule has 0 atom stereocenters. The topological polar surface area (TPSA) is 104 Å². The number of hydrogen-bond acceptors (Lipinski definition) is 3. The van der Waals surface area contributed by atoms with Gasteiger partial charge < -0.3 is 21.5 Å². The van der Waals surface area contributed by atoms with Crippen LogP contribution >= 0.6 is 0 Å². The molecule has 0 aliphatic rings. The molecule has 0 heterocycles. The first-order valence-corrected chi connectivity index (χ1v) is 4.72. The normalized spacial score (nSPS) is 9.56. The van der Waals surface area contributed by atoms with E-state index >= 15 is 0 Å². The van der Waals surface area contributed by atoms with Crippen molar-refractivity contribution in [2.45, 2.75) is 0 Å². The zero-order valence-corrected chi connectivity index (χ0v) is 8.56. The van der Waals surface area contributed by atoms with Crippen molar-refractivity contribution in [3.05, 3.63) is 29.8 Å². The molecule has 1 aromatic rings. The highest BCUT2D eigenvalue weighted by Crippen LogP contribution is 2.10. The Morgan fingerprint density at radius 3 is 2.75 bits per heavy atom. The number of carbonyl (C=O) groups is 2. The average molecular weight is 223 g/mol. The summed E-state index contributed by atoms with van der Waals surface area (Å²) in [6.45, 7) is 0.715. The Kier molecular flexibility index (Phi) is 4.28. The van der Waals surface area contributed by atoms with Gasteiger partial charge in [0.2, 0.25) is 0 Å². The van der Waals surface area contributed by atoms with Gasteiger partial charge in [-0.25, -0.2) is 9.59 Å². The number of hydrogen-bond donors (Lipinski definition) is 4. The number of amides is 2. The highest BCUT2D eigenvalue weighted by Gasteiger charge is 2.05. The lowest BCUT2D eigenvalue weighted by molar-refractivity contribution is 0.0697. The minimum Gasteiger partial charge on any atom is -0.478 e. The van der Waals surface area contributed by atoms with E-state index in [1.807, 2.05) is 0 Å². The molecule has 0 aromatic heterocycles. The molecule has 6 heteroatoms. The van der Waals surface area contributed by atoms with Gasteiger partial charge >= 0.3 is 12.0 Å². The molecule has 0 aliphatic carbocycles. The number of benzene rings is 1. The van der Waals surface area contributed by atoms with E-state index in [4.69, 9.17) is 10.8 Å². The lowest BCUT2D eigenvalue weighted by Crippen LogP contribution is -2.32. The van der Waals surface area contributed by atoms with Crippen molar-refractivity contribution in [1.29, 1.82) is 0 Å². The van der Waals surface area contributed by atoms with E-state index in [2.05, 4.69) is 10.6 Å². The molecule has 5 N–H and O–H groups in total. The Hall–Kier alpha value is -2.08. The molecular weight excluding hydrogens is 210 g/mol. The zero-order chi connectivity index (χ0) is 12.0. The number of anilines is 1. The molecule has 0 saturated heterocycles. The summed E-state index contributed by atoms with van der Waals surface area (Å²) in [6.07, 6.45) is 0. The number of carboxylic acids is 1. The van der Waals surface area contributed by atoms with Gasteiger partial charge in [-0.05, 0) is 18.2 Å². The quantitative estimate of drug-likeness (QED) is 0.595. The summed E-state index contributed by atoms with van der Waals surface area (Å²) in [5, 5.41) is 13.8. The second-order valence-electron chi connectivity index (χ2n) is 3.06. The summed E-state index contributed by atoms with van der Waals surface area (Å²) in [7, 11) is 0. The number of nitrogens with two attached hydrogens (primary N) is 1. The predicted molar refractivity (Wildman–Crippen MR) is 59.5 cm³/mol. The van der Waals surface area contributed by atoms with Gasteiger partial charge in [0.15, 0.2) is 0 Å². The lowest BCUT2D eigenvalue weighted by atomic mass is 10.2. The van der Waals surface area contributed by atoms with Crippen LogP contribution in [0.25, 0.3) is 0 Å². The summed E-state index contributed by atoms with van der Waals surface area (Å²) in [4.78, 5) is 21.9. The number of urea groups is 1. The van der Waals surface area contributed by atoms with Crippen LogP contribution in [0.3, 0.4) is 0 Å². The molecular formula is C10H13N3O3. The molecule has 86 valence electrons. The average Bonchev–Trinajstić information content (AvgIpc) is 2.26. The molecule has 0 aliphatic heterocycles. The second kappa shape index (κ2) is 5.72. The first-order chi connectivity index (χ1) is 7.63. The van der Waals surface area contributed by atoms with Gasteiger partial charge in [-0.3, -0.25) is 0 Å². The molecule has 1 aromatic carbocycles. The van der Waals surface area contributed by atoms with E-state index in [0.717, 1.165) is 0 Å². The van der Waals surface area contributed by atoms with Gasteiger partial charge in [0, 0.05) is 18.8 Å². The number of carbonyl (C=O) groups excluding carboxylic acids is 1. The van der Waals surface area contributed by atoms with Crippen LogP contribution in [0.2, 0.25) is 0 Å². The van der Waals surface area contributed by atoms with Crippen molar-refractivity contribution in [1.82, 2.24) is 5.32 Å². The third kappa shape index (κ3) is 3.58. The van der Waals surface area contributed by atoms with E-state index in [1.165, 1.54) is 12.1 Å². The molecule has 0 unspecified atom stereocenters. The molecule has 16 heavy (non-hydrogen) atoms. The second-order valence-corrected chi connectivity index (χ2v) is 3.06. The van der Waals surface area contributed by atoms with Crippen LogP contribution in [0.1, 0.15) is 10.4 Å². The summed E-state index contributed by atoms with van der Waals surface area (Å²) in [5.74, 6) is -1.04. The van der Waals surface area contributed by atoms with Gasteiger partial charge in [0.25, 0.3) is 0 Å². The van der Waals surface area contributed by atoms with Crippen molar-refractivity contribution in [2.24, 2.45) is 5.73 Å². The third-order valence-electron chi connectivity index (χ3n) is 1.80. The van der Waals surface area contributed by atoms with Crippen LogP contribution in [-0.4, -0.2) is 30.2 Å². The van der Waals surface area contributed by atoms with E-state index < -0.39 is 12.0 Å². The fourth-order valence-corrected chi connectivity index (χ4v) is 1.09. The molecule has 1 rings (SSSR count). The van der Waals surface area contributed by atoms with Crippen molar-refractivity contribution < 1.29 is 14.7 Å². The fourth-order valence-electron chi connectivity index (χ4n) is 1.09. The molecule has 0 spiro atoms. The molecule has 6 nitrogen and oxygen atoms in total. The standard InChI is InChI=1S/C10H13N3O3/c11-4-5-12-10(16)13-8-3-1-2-7(6-8)9(14)15/h1-3,6H,4-5,11H2,(H,14,15)(H2,12,13,16). The van der Waals surface area contributed by atoms with Crippen LogP contribution in [-0.2, 0) is 0 Å². The summed E-state index contributed by atoms with van der Waals surface area (Å²) in [6, 6.07) is 5.58. The molecule has 2 amide bonds. The summed E-state index contributed by atoms with van der Waals surface area (Å²) < 4.78 is 0. The maximum atomic E-state index is 11.2. The summed E-state index contributed by atoms with van der Waals surface area (Å²) >= 11 is 0. The van der Waals surface area contributed by atoms with Crippen molar-refractivity contribution in [3.63, 3.8) is 0 Å². The van der Waals surface area contributed by atoms with E-state index in [0.29, 0.717) is 18.8 Å². The van der Waals surface area contributed by atoms with Crippen molar-refractivity contribution in [2.75, 3.05) is 18.4 Å². The highest BCUT2D eigenvalue weighted by atomic mass is 16.4. The number of carboxylic acid groups (broad SMARTS) is 1. The van der Waals surface area contributed by atoms with Crippen LogP contribution in [0.5, 0.6) is 0 Å². The SMILES string of the molecule is NCCNC(=O)Nc1cccc(C(=O)O)c1. The van der Waals surface area contributed by atoms with Gasteiger partial charge in [-0.15, -0.1) is 0 Å². The van der Waals surface area contributed by atoms with Gasteiger partial charge in [-0.1, -0.05) is 6.07 Å². The Bertz CT molecular complexity index is 393. The molecule has 0 radical (unpaired) electrons. The van der Waals surface area contributed by atoms with Crippen molar-refractivity contribution in [3.8, 4) is 0 Å². The van der Waals surface area contributed by atoms with E-state index in [-0.39, 0.29) is 5.56 Å². The number of rotatable bonds is 4. The minimum atomic E-state index is -1.04. The third-order valence-corrected chi connectivity index (χ3v) is 1.80. The maximum Gasteiger partial charge on any atom is 0.335 e. The Labute approximate surface area is 92.4 Å². The smallest absolute Gasteiger partial charge is 0.335 e. The first-order valence-electron chi connectivity index (χ1n) is 4.72. The van der Waals surface area contributed by atoms with Gasteiger partial charge in [-0.2, -0.15) is 0 Å². The van der Waals surface area contributed by atoms with Crippen LogP contribution in [0.15, 0.2) is 24.3 Å². The maximum absolute atomic E-state index is 11.2. The minimum absolute atomic E-state index is 0.122. The van der Waals surface area contributed by atoms with Crippen LogP contribution in [0.4, 0.5) is 10.5 Å². The predicted octanol–water partition coefficient (Wildman–Crippen LogP) is 0.465. The van der Waals surface area contributed by atoms with Gasteiger partial charge in [0.05, 0.1) is 5.56 Å². The Morgan fingerprint density at radius 1 is 1.38 bits per heavy atom. The first kappa shape index (κ1) is 12.0. The fraction of sp³-hybridized carbons (Fsp3) is 0.200. The monoisotopic (exact) mass is 223 g/mol.